The van der Waals surface area contributed by atoms with Crippen molar-refractivity contribution in [2.24, 2.45) is 4.99 Å². The average molecular weight is 415 g/mol. The van der Waals surface area contributed by atoms with Crippen molar-refractivity contribution in [3.05, 3.63) is 106 Å². The molecular formula is C27H30N2O2. The van der Waals surface area contributed by atoms with Crippen molar-refractivity contribution >= 4 is 11.6 Å². The van der Waals surface area contributed by atoms with E-state index in [1.807, 2.05) is 86.7 Å². The van der Waals surface area contributed by atoms with Crippen LogP contribution in [0.15, 0.2) is 94.7 Å². The highest BCUT2D eigenvalue weighted by Gasteiger charge is 2.26. The van der Waals surface area contributed by atoms with Gasteiger partial charge in [-0.05, 0) is 36.5 Å². The number of carbonyl (C=O) groups excluding carboxylic acids is 1. The molecule has 1 atom stereocenters. The maximum Gasteiger partial charge on any atom is 0.221 e. The van der Waals surface area contributed by atoms with E-state index in [0.717, 1.165) is 28.7 Å². The summed E-state index contributed by atoms with van der Waals surface area (Å²) in [7, 11) is 1.67. The Bertz CT molecular complexity index is 1030. The second kappa shape index (κ2) is 10.6. The minimum atomic E-state index is -0.458. The molecule has 2 N–H and O–H groups in total. The number of allylic oxidation sites excluding steroid dienone is 3. The van der Waals surface area contributed by atoms with Crippen molar-refractivity contribution in [1.82, 2.24) is 5.32 Å². The van der Waals surface area contributed by atoms with Crippen molar-refractivity contribution in [3.63, 3.8) is 0 Å². The highest BCUT2D eigenvalue weighted by molar-refractivity contribution is 6.14. The molecule has 0 heterocycles. The number of aliphatic hydroxyl groups excluding tert-OH is 1. The van der Waals surface area contributed by atoms with Crippen molar-refractivity contribution in [3.8, 4) is 0 Å². The van der Waals surface area contributed by atoms with Crippen molar-refractivity contribution in [2.45, 2.75) is 39.2 Å². The lowest BCUT2D eigenvalue weighted by Crippen LogP contribution is -2.31. The summed E-state index contributed by atoms with van der Waals surface area (Å²) < 4.78 is 0. The van der Waals surface area contributed by atoms with Crippen LogP contribution in [0.1, 0.15) is 42.5 Å². The number of nitrogens with zero attached hydrogens (tertiary/aromatic N) is 1. The van der Waals surface area contributed by atoms with E-state index in [4.69, 9.17) is 0 Å². The number of aliphatic imine (C=N–C) groups is 1. The zero-order chi connectivity index (χ0) is 22.2. The topological polar surface area (TPSA) is 61.7 Å². The Morgan fingerprint density at radius 3 is 2.45 bits per heavy atom. The van der Waals surface area contributed by atoms with Crippen LogP contribution in [0.2, 0.25) is 0 Å². The van der Waals surface area contributed by atoms with Gasteiger partial charge in [0.1, 0.15) is 11.5 Å². The number of amides is 1. The third-order valence-corrected chi connectivity index (χ3v) is 5.37. The molecule has 0 radical (unpaired) electrons. The molecule has 4 nitrogen and oxygen atoms in total. The van der Waals surface area contributed by atoms with Gasteiger partial charge in [0, 0.05) is 19.0 Å². The Balaban J connectivity index is 1.89. The number of hydrogen-bond donors (Lipinski definition) is 2. The van der Waals surface area contributed by atoms with Gasteiger partial charge in [0.2, 0.25) is 5.91 Å². The van der Waals surface area contributed by atoms with E-state index < -0.39 is 6.04 Å². The molecule has 3 rings (SSSR count). The van der Waals surface area contributed by atoms with Crippen LogP contribution in [0.3, 0.4) is 0 Å². The Kier molecular flexibility index (Phi) is 7.60. The summed E-state index contributed by atoms with van der Waals surface area (Å²) in [5.41, 5.74) is 5.27. The van der Waals surface area contributed by atoms with Crippen LogP contribution in [-0.2, 0) is 11.2 Å². The number of hydrogen-bond acceptors (Lipinski definition) is 3. The first-order chi connectivity index (χ1) is 15.0. The zero-order valence-corrected chi connectivity index (χ0v) is 18.4. The first kappa shape index (κ1) is 22.3. The molecule has 0 aromatic heterocycles. The standard InChI is InChI=1S/C27H30N2O2/c1-4-8-21-16-17-23(27(31)26(21)28-3)25(22-14-11-19(2)12-15-22)29-24(30)18-13-20-9-6-5-7-10-20/h5-12,14-17,25,31H,4,13,18H2,1-3H3,(H,29,30)/b21-8-,28-26?. The zero-order valence-electron chi connectivity index (χ0n) is 18.4. The SMILES string of the molecule is CC/C=C1/C=CC(C(NC(=O)CCc2ccccc2)c2ccc(C)cc2)=C(O)C1=NC. The van der Waals surface area contributed by atoms with Crippen molar-refractivity contribution in [1.29, 1.82) is 0 Å². The molecule has 31 heavy (non-hydrogen) atoms. The number of carbonyl (C=O) groups is 1. The normalized spacial score (nSPS) is 17.3. The molecule has 0 aliphatic heterocycles. The van der Waals surface area contributed by atoms with E-state index in [0.29, 0.717) is 24.1 Å². The Morgan fingerprint density at radius 1 is 1.10 bits per heavy atom. The quantitative estimate of drug-likeness (QED) is 0.622. The van der Waals surface area contributed by atoms with Gasteiger partial charge in [0.15, 0.2) is 0 Å². The Hall–Kier alpha value is -3.40. The van der Waals surface area contributed by atoms with Crippen LogP contribution in [0.5, 0.6) is 0 Å². The third-order valence-electron chi connectivity index (χ3n) is 5.37. The summed E-state index contributed by atoms with van der Waals surface area (Å²) in [6.45, 7) is 4.07. The van der Waals surface area contributed by atoms with Crippen molar-refractivity contribution in [2.75, 3.05) is 7.05 Å². The summed E-state index contributed by atoms with van der Waals surface area (Å²) >= 11 is 0. The first-order valence-corrected chi connectivity index (χ1v) is 10.7. The Morgan fingerprint density at radius 2 is 1.81 bits per heavy atom. The van der Waals surface area contributed by atoms with Gasteiger partial charge >= 0.3 is 0 Å². The first-order valence-electron chi connectivity index (χ1n) is 10.7. The lowest BCUT2D eigenvalue weighted by molar-refractivity contribution is -0.121. The monoisotopic (exact) mass is 414 g/mol. The number of aryl methyl sites for hydroxylation is 2. The lowest BCUT2D eigenvalue weighted by atomic mass is 9.89. The van der Waals surface area contributed by atoms with Crippen LogP contribution in [-0.4, -0.2) is 23.8 Å². The van der Waals surface area contributed by atoms with Gasteiger partial charge < -0.3 is 10.4 Å². The van der Waals surface area contributed by atoms with E-state index in [1.54, 1.807) is 7.05 Å². The van der Waals surface area contributed by atoms with E-state index in [2.05, 4.69) is 10.3 Å². The van der Waals surface area contributed by atoms with E-state index in [1.165, 1.54) is 0 Å². The van der Waals surface area contributed by atoms with Gasteiger partial charge in [-0.15, -0.1) is 0 Å². The van der Waals surface area contributed by atoms with Crippen LogP contribution in [0.25, 0.3) is 0 Å². The summed E-state index contributed by atoms with van der Waals surface area (Å²) in [5.74, 6) is 0.0478. The largest absolute Gasteiger partial charge is 0.505 e. The molecule has 0 fully saturated rings. The maximum absolute atomic E-state index is 12.9. The molecule has 1 aliphatic rings. The fraction of sp³-hybridized carbons (Fsp3) is 0.259. The molecule has 0 bridgehead atoms. The van der Waals surface area contributed by atoms with Gasteiger partial charge in [-0.3, -0.25) is 9.79 Å². The summed E-state index contributed by atoms with van der Waals surface area (Å²) in [6, 6.07) is 17.5. The van der Waals surface area contributed by atoms with Gasteiger partial charge in [-0.25, -0.2) is 0 Å². The molecule has 0 spiro atoms. The average Bonchev–Trinajstić information content (AvgIpc) is 2.78. The molecule has 0 saturated carbocycles. The van der Waals surface area contributed by atoms with Crippen LogP contribution in [0, 0.1) is 6.92 Å². The smallest absolute Gasteiger partial charge is 0.221 e. The summed E-state index contributed by atoms with van der Waals surface area (Å²) in [4.78, 5) is 17.2. The number of rotatable bonds is 7. The molecule has 2 aromatic rings. The number of benzene rings is 2. The van der Waals surface area contributed by atoms with Gasteiger partial charge in [-0.2, -0.15) is 0 Å². The van der Waals surface area contributed by atoms with E-state index in [9.17, 15) is 9.90 Å². The highest BCUT2D eigenvalue weighted by Crippen LogP contribution is 2.31. The second-order valence-corrected chi connectivity index (χ2v) is 7.67. The fourth-order valence-electron chi connectivity index (χ4n) is 3.70. The molecular weight excluding hydrogens is 384 g/mol. The Labute approximate surface area is 184 Å². The number of nitrogens with one attached hydrogen (secondary N) is 1. The highest BCUT2D eigenvalue weighted by atomic mass is 16.3. The summed E-state index contributed by atoms with van der Waals surface area (Å²) in [5, 5.41) is 14.2. The van der Waals surface area contributed by atoms with Crippen LogP contribution < -0.4 is 5.32 Å². The molecule has 1 amide bonds. The van der Waals surface area contributed by atoms with Crippen molar-refractivity contribution < 1.29 is 9.90 Å². The predicted molar refractivity (Wildman–Crippen MR) is 127 cm³/mol. The van der Waals surface area contributed by atoms with Crippen LogP contribution >= 0.6 is 0 Å². The van der Waals surface area contributed by atoms with Crippen LogP contribution in [0.4, 0.5) is 0 Å². The maximum atomic E-state index is 12.9. The summed E-state index contributed by atoms with van der Waals surface area (Å²) in [6.07, 6.45) is 7.76. The molecule has 1 unspecified atom stereocenters. The molecule has 4 heteroatoms. The molecule has 160 valence electrons. The van der Waals surface area contributed by atoms with E-state index >= 15 is 0 Å². The fourth-order valence-corrected chi connectivity index (χ4v) is 3.70. The van der Waals surface area contributed by atoms with Gasteiger partial charge in [-0.1, -0.05) is 85.3 Å². The lowest BCUT2D eigenvalue weighted by Gasteiger charge is -2.25. The van der Waals surface area contributed by atoms with Gasteiger partial charge in [0.05, 0.1) is 6.04 Å². The predicted octanol–water partition coefficient (Wildman–Crippen LogP) is 5.57. The molecule has 1 aliphatic carbocycles. The third kappa shape index (κ3) is 5.60. The van der Waals surface area contributed by atoms with Gasteiger partial charge in [0.25, 0.3) is 0 Å². The minimum absolute atomic E-state index is 0.0620. The molecule has 0 saturated heterocycles. The minimum Gasteiger partial charge on any atom is -0.505 e. The van der Waals surface area contributed by atoms with E-state index in [-0.39, 0.29) is 11.7 Å². The second-order valence-electron chi connectivity index (χ2n) is 7.67. The molecule has 2 aromatic carbocycles. The number of aliphatic hydroxyl groups is 1.